The van der Waals surface area contributed by atoms with Crippen LogP contribution in [-0.2, 0) is 0 Å². The second-order valence-corrected chi connectivity index (χ2v) is 4.04. The Morgan fingerprint density at radius 1 is 1.00 bits per heavy atom. The van der Waals surface area contributed by atoms with Gasteiger partial charge < -0.3 is 14.7 Å². The molecule has 1 aromatic heterocycles. The number of hydrogen-bond acceptors (Lipinski definition) is 2. The van der Waals surface area contributed by atoms with E-state index in [0.29, 0.717) is 0 Å². The Labute approximate surface area is 103 Å². The fraction of sp³-hybridized carbons (Fsp3) is 0.0714. The standard InChI is InChI=1S/C14H12N2O2/c1-18-10-7-5-9(6-8-10)11-3-2-4-12-13(11)16-14(17)15-12/h2-8H,1H3,(H2,15,16,17). The van der Waals surface area contributed by atoms with E-state index in [1.54, 1.807) is 7.11 Å². The Morgan fingerprint density at radius 2 is 1.78 bits per heavy atom. The highest BCUT2D eigenvalue weighted by Crippen LogP contribution is 2.27. The monoisotopic (exact) mass is 240 g/mol. The van der Waals surface area contributed by atoms with Gasteiger partial charge in [-0.1, -0.05) is 24.3 Å². The van der Waals surface area contributed by atoms with Crippen LogP contribution in [0.1, 0.15) is 0 Å². The maximum atomic E-state index is 11.3. The van der Waals surface area contributed by atoms with Gasteiger partial charge in [-0.2, -0.15) is 0 Å². The Bertz CT molecular complexity index is 738. The summed E-state index contributed by atoms with van der Waals surface area (Å²) < 4.78 is 5.13. The smallest absolute Gasteiger partial charge is 0.323 e. The van der Waals surface area contributed by atoms with E-state index < -0.39 is 0 Å². The molecule has 3 rings (SSSR count). The Morgan fingerprint density at radius 3 is 2.50 bits per heavy atom. The maximum Gasteiger partial charge on any atom is 0.323 e. The molecular weight excluding hydrogens is 228 g/mol. The second kappa shape index (κ2) is 4.07. The van der Waals surface area contributed by atoms with Crippen LogP contribution < -0.4 is 10.4 Å². The number of H-pyrrole nitrogens is 2. The molecule has 4 heteroatoms. The van der Waals surface area contributed by atoms with Crippen LogP contribution >= 0.6 is 0 Å². The number of benzene rings is 2. The van der Waals surface area contributed by atoms with Crippen LogP contribution in [0.3, 0.4) is 0 Å². The van der Waals surface area contributed by atoms with Crippen LogP contribution in [0.4, 0.5) is 0 Å². The first-order valence-electron chi connectivity index (χ1n) is 5.63. The molecule has 0 aliphatic rings. The Hall–Kier alpha value is -2.49. The van der Waals surface area contributed by atoms with Gasteiger partial charge in [0.25, 0.3) is 0 Å². The largest absolute Gasteiger partial charge is 0.497 e. The van der Waals surface area contributed by atoms with Crippen LogP contribution in [0.15, 0.2) is 47.3 Å². The molecular formula is C14H12N2O2. The van der Waals surface area contributed by atoms with E-state index >= 15 is 0 Å². The number of fused-ring (bicyclic) bond motifs is 1. The van der Waals surface area contributed by atoms with Gasteiger partial charge >= 0.3 is 5.69 Å². The van der Waals surface area contributed by atoms with Gasteiger partial charge in [0.2, 0.25) is 0 Å². The number of imidazole rings is 1. The normalized spacial score (nSPS) is 10.7. The first-order chi connectivity index (χ1) is 8.78. The number of aromatic nitrogens is 2. The molecule has 0 saturated heterocycles. The molecule has 3 aromatic rings. The van der Waals surface area contributed by atoms with Crippen molar-refractivity contribution in [2.75, 3.05) is 7.11 Å². The minimum Gasteiger partial charge on any atom is -0.497 e. The Balaban J connectivity index is 2.20. The van der Waals surface area contributed by atoms with E-state index in [-0.39, 0.29) is 5.69 Å². The third-order valence-corrected chi connectivity index (χ3v) is 2.95. The molecule has 0 unspecified atom stereocenters. The fourth-order valence-electron chi connectivity index (χ4n) is 2.07. The van der Waals surface area contributed by atoms with E-state index in [0.717, 1.165) is 27.9 Å². The predicted octanol–water partition coefficient (Wildman–Crippen LogP) is 2.53. The van der Waals surface area contributed by atoms with Crippen molar-refractivity contribution in [1.29, 1.82) is 0 Å². The van der Waals surface area contributed by atoms with Gasteiger partial charge in [-0.3, -0.25) is 0 Å². The average molecular weight is 240 g/mol. The van der Waals surface area contributed by atoms with Crippen molar-refractivity contribution in [3.63, 3.8) is 0 Å². The van der Waals surface area contributed by atoms with Crippen LogP contribution in [-0.4, -0.2) is 17.1 Å². The Kier molecular flexibility index (Phi) is 2.41. The molecule has 0 atom stereocenters. The summed E-state index contributed by atoms with van der Waals surface area (Å²) in [6.45, 7) is 0. The zero-order valence-corrected chi connectivity index (χ0v) is 9.86. The first-order valence-corrected chi connectivity index (χ1v) is 5.63. The number of aromatic amines is 2. The summed E-state index contributed by atoms with van der Waals surface area (Å²) in [4.78, 5) is 16.9. The molecule has 90 valence electrons. The first kappa shape index (κ1) is 10.7. The third kappa shape index (κ3) is 1.68. The zero-order chi connectivity index (χ0) is 12.5. The fourth-order valence-corrected chi connectivity index (χ4v) is 2.07. The van der Waals surface area contributed by atoms with Gasteiger partial charge in [0.1, 0.15) is 5.75 Å². The summed E-state index contributed by atoms with van der Waals surface area (Å²) in [5.41, 5.74) is 3.48. The number of para-hydroxylation sites is 1. The summed E-state index contributed by atoms with van der Waals surface area (Å²) in [6.07, 6.45) is 0. The molecule has 0 saturated carbocycles. The molecule has 0 bridgehead atoms. The lowest BCUT2D eigenvalue weighted by atomic mass is 10.0. The number of methoxy groups -OCH3 is 1. The quantitative estimate of drug-likeness (QED) is 0.723. The second-order valence-electron chi connectivity index (χ2n) is 4.04. The van der Waals surface area contributed by atoms with Crippen molar-refractivity contribution in [3.05, 3.63) is 52.9 Å². The van der Waals surface area contributed by atoms with Gasteiger partial charge in [0.15, 0.2) is 0 Å². The van der Waals surface area contributed by atoms with Gasteiger partial charge in [-0.25, -0.2) is 4.79 Å². The molecule has 0 spiro atoms. The van der Waals surface area contributed by atoms with Crippen molar-refractivity contribution in [3.8, 4) is 16.9 Å². The highest BCUT2D eigenvalue weighted by atomic mass is 16.5. The highest BCUT2D eigenvalue weighted by molar-refractivity contribution is 5.91. The lowest BCUT2D eigenvalue weighted by Crippen LogP contribution is -1.99. The third-order valence-electron chi connectivity index (χ3n) is 2.95. The summed E-state index contributed by atoms with van der Waals surface area (Å²) in [6, 6.07) is 13.5. The topological polar surface area (TPSA) is 57.9 Å². The van der Waals surface area contributed by atoms with Gasteiger partial charge in [0.05, 0.1) is 18.1 Å². The van der Waals surface area contributed by atoms with Gasteiger partial charge in [-0.05, 0) is 23.8 Å². The van der Waals surface area contributed by atoms with E-state index in [9.17, 15) is 4.79 Å². The summed E-state index contributed by atoms with van der Waals surface area (Å²) in [5.74, 6) is 0.813. The molecule has 0 fully saturated rings. The summed E-state index contributed by atoms with van der Waals surface area (Å²) in [7, 11) is 1.64. The van der Waals surface area contributed by atoms with Crippen molar-refractivity contribution in [2.24, 2.45) is 0 Å². The molecule has 2 aromatic carbocycles. The average Bonchev–Trinajstić information content (AvgIpc) is 2.79. The highest BCUT2D eigenvalue weighted by Gasteiger charge is 2.06. The molecule has 0 radical (unpaired) electrons. The summed E-state index contributed by atoms with van der Waals surface area (Å²) >= 11 is 0. The number of ether oxygens (including phenoxy) is 1. The molecule has 2 N–H and O–H groups in total. The van der Waals surface area contributed by atoms with Crippen molar-refractivity contribution >= 4 is 11.0 Å². The van der Waals surface area contributed by atoms with E-state index in [2.05, 4.69) is 9.97 Å². The molecule has 18 heavy (non-hydrogen) atoms. The molecule has 1 heterocycles. The van der Waals surface area contributed by atoms with Crippen LogP contribution in [0.25, 0.3) is 22.2 Å². The van der Waals surface area contributed by atoms with E-state index in [1.165, 1.54) is 0 Å². The minimum absolute atomic E-state index is 0.189. The lowest BCUT2D eigenvalue weighted by Gasteiger charge is -2.04. The zero-order valence-electron chi connectivity index (χ0n) is 9.86. The minimum atomic E-state index is -0.189. The van der Waals surface area contributed by atoms with Crippen LogP contribution in [0.2, 0.25) is 0 Å². The van der Waals surface area contributed by atoms with E-state index in [4.69, 9.17) is 4.74 Å². The van der Waals surface area contributed by atoms with Crippen molar-refractivity contribution in [2.45, 2.75) is 0 Å². The predicted molar refractivity (Wildman–Crippen MR) is 70.9 cm³/mol. The van der Waals surface area contributed by atoms with Crippen LogP contribution in [0, 0.1) is 0 Å². The maximum absolute atomic E-state index is 11.3. The number of hydrogen-bond donors (Lipinski definition) is 2. The summed E-state index contributed by atoms with van der Waals surface area (Å²) in [5, 5.41) is 0. The lowest BCUT2D eigenvalue weighted by molar-refractivity contribution is 0.415. The number of nitrogens with one attached hydrogen (secondary N) is 2. The van der Waals surface area contributed by atoms with Crippen LogP contribution in [0.5, 0.6) is 5.75 Å². The number of rotatable bonds is 2. The van der Waals surface area contributed by atoms with Gasteiger partial charge in [-0.15, -0.1) is 0 Å². The molecule has 0 aliphatic heterocycles. The van der Waals surface area contributed by atoms with Gasteiger partial charge in [0, 0.05) is 5.56 Å². The molecule has 0 amide bonds. The SMILES string of the molecule is COc1ccc(-c2cccc3[nH]c(=O)[nH]c23)cc1. The molecule has 4 nitrogen and oxygen atoms in total. The van der Waals surface area contributed by atoms with Crippen molar-refractivity contribution < 1.29 is 4.74 Å². The van der Waals surface area contributed by atoms with E-state index in [1.807, 2.05) is 42.5 Å². The van der Waals surface area contributed by atoms with Crippen molar-refractivity contribution in [1.82, 2.24) is 9.97 Å². The molecule has 0 aliphatic carbocycles.